The van der Waals surface area contributed by atoms with E-state index in [4.69, 9.17) is 0 Å². The Balaban J connectivity index is 1.78. The average Bonchev–Trinajstić information content (AvgIpc) is 3.00. The van der Waals surface area contributed by atoms with Crippen molar-refractivity contribution in [2.45, 2.75) is 13.8 Å². The minimum atomic E-state index is 0.576. The minimum absolute atomic E-state index is 0.576. The van der Waals surface area contributed by atoms with Gasteiger partial charge in [-0.25, -0.2) is 4.98 Å². The van der Waals surface area contributed by atoms with Crippen LogP contribution in [-0.4, -0.2) is 11.2 Å². The van der Waals surface area contributed by atoms with Gasteiger partial charge in [0.2, 0.25) is 5.13 Å². The fourth-order valence-corrected chi connectivity index (χ4v) is 2.90. The van der Waals surface area contributed by atoms with E-state index in [0.29, 0.717) is 15.7 Å². The lowest BCUT2D eigenvalue weighted by Gasteiger charge is -1.98. The Kier molecular flexibility index (Phi) is 4.69. The van der Waals surface area contributed by atoms with Gasteiger partial charge in [0.25, 0.3) is 0 Å². The Bertz CT molecular complexity index is 900. The second kappa shape index (κ2) is 7.07. The third-order valence-electron chi connectivity index (χ3n) is 3.50. The van der Waals surface area contributed by atoms with E-state index >= 15 is 0 Å². The molecule has 0 aliphatic rings. The third-order valence-corrected chi connectivity index (χ3v) is 4.37. The molecular weight excluding hydrogens is 316 g/mol. The van der Waals surface area contributed by atoms with E-state index in [1.54, 1.807) is 6.21 Å². The molecule has 0 spiro atoms. The molecule has 0 atom stereocenters. The summed E-state index contributed by atoms with van der Waals surface area (Å²) >= 11 is 1.30. The van der Waals surface area contributed by atoms with Crippen LogP contribution in [0.15, 0.2) is 53.6 Å². The molecular formula is C19H16N4S. The summed E-state index contributed by atoms with van der Waals surface area (Å²) in [6.07, 6.45) is 1.73. The summed E-state index contributed by atoms with van der Waals surface area (Å²) in [4.78, 5) is 5.07. The van der Waals surface area contributed by atoms with Crippen molar-refractivity contribution in [3.8, 4) is 17.3 Å². The SMILES string of the molecule is Cc1ccc(/C=N/Nc2nc(-c3ccc(C)cc3)c(C#N)s2)cc1. The minimum Gasteiger partial charge on any atom is -0.253 e. The number of nitrogens with one attached hydrogen (secondary N) is 1. The molecule has 0 aliphatic heterocycles. The quantitative estimate of drug-likeness (QED) is 0.554. The maximum absolute atomic E-state index is 9.33. The number of thiazole rings is 1. The van der Waals surface area contributed by atoms with Crippen molar-refractivity contribution in [3.63, 3.8) is 0 Å². The molecule has 4 nitrogen and oxygen atoms in total. The summed E-state index contributed by atoms with van der Waals surface area (Å²) in [5, 5.41) is 14.1. The molecule has 0 fully saturated rings. The molecule has 3 aromatic rings. The van der Waals surface area contributed by atoms with Crippen molar-refractivity contribution in [3.05, 3.63) is 70.1 Å². The first-order chi connectivity index (χ1) is 11.7. The van der Waals surface area contributed by atoms with E-state index in [0.717, 1.165) is 11.1 Å². The maximum atomic E-state index is 9.33. The summed E-state index contributed by atoms with van der Waals surface area (Å²) in [5.41, 5.74) is 7.92. The molecule has 0 amide bonds. The smallest absolute Gasteiger partial charge is 0.205 e. The van der Waals surface area contributed by atoms with Crippen LogP contribution in [0.4, 0.5) is 5.13 Å². The van der Waals surface area contributed by atoms with Gasteiger partial charge in [-0.15, -0.1) is 0 Å². The van der Waals surface area contributed by atoms with Crippen molar-refractivity contribution in [1.82, 2.24) is 4.98 Å². The van der Waals surface area contributed by atoms with Crippen LogP contribution in [0.3, 0.4) is 0 Å². The Labute approximate surface area is 145 Å². The molecule has 0 saturated heterocycles. The second-order valence-corrected chi connectivity index (χ2v) is 6.45. The van der Waals surface area contributed by atoms with Gasteiger partial charge in [-0.1, -0.05) is 71.0 Å². The first-order valence-electron chi connectivity index (χ1n) is 7.49. The monoisotopic (exact) mass is 332 g/mol. The van der Waals surface area contributed by atoms with E-state index in [9.17, 15) is 5.26 Å². The number of anilines is 1. The average molecular weight is 332 g/mol. The van der Waals surface area contributed by atoms with Gasteiger partial charge < -0.3 is 0 Å². The number of hydrogen-bond donors (Lipinski definition) is 1. The van der Waals surface area contributed by atoms with Crippen LogP contribution < -0.4 is 5.43 Å². The number of nitriles is 1. The molecule has 0 saturated carbocycles. The molecule has 5 heteroatoms. The van der Waals surface area contributed by atoms with Gasteiger partial charge in [-0.2, -0.15) is 10.4 Å². The van der Waals surface area contributed by atoms with Crippen molar-refractivity contribution < 1.29 is 0 Å². The largest absolute Gasteiger partial charge is 0.253 e. The number of hydrazone groups is 1. The standard InChI is InChI=1S/C19H16N4S/c1-13-3-7-15(8-4-13)12-21-23-19-22-18(17(11-20)24-19)16-9-5-14(2)6-10-16/h3-10,12H,1-2H3,(H,22,23)/b21-12+. The second-order valence-electron chi connectivity index (χ2n) is 5.46. The third kappa shape index (κ3) is 3.67. The van der Waals surface area contributed by atoms with Crippen molar-refractivity contribution >= 4 is 22.7 Å². The Hall–Kier alpha value is -2.97. The molecule has 24 heavy (non-hydrogen) atoms. The molecule has 0 radical (unpaired) electrons. The van der Waals surface area contributed by atoms with Crippen LogP contribution in [0.1, 0.15) is 21.6 Å². The Morgan fingerprint density at radius 2 is 1.67 bits per heavy atom. The van der Waals surface area contributed by atoms with Gasteiger partial charge in [-0.05, 0) is 19.4 Å². The number of aryl methyl sites for hydroxylation is 2. The first kappa shape index (κ1) is 15.9. The molecule has 0 aliphatic carbocycles. The fraction of sp³-hybridized carbons (Fsp3) is 0.105. The summed E-state index contributed by atoms with van der Waals surface area (Å²) < 4.78 is 0. The van der Waals surface area contributed by atoms with Crippen LogP contribution in [0.5, 0.6) is 0 Å². The van der Waals surface area contributed by atoms with Gasteiger partial charge in [-0.3, -0.25) is 5.43 Å². The van der Waals surface area contributed by atoms with Crippen molar-refractivity contribution in [2.24, 2.45) is 5.10 Å². The van der Waals surface area contributed by atoms with Crippen LogP contribution in [0.25, 0.3) is 11.3 Å². The number of hydrogen-bond acceptors (Lipinski definition) is 5. The van der Waals surface area contributed by atoms with E-state index in [1.807, 2.05) is 62.4 Å². The number of benzene rings is 2. The predicted octanol–water partition coefficient (Wildman–Crippen LogP) is 4.74. The topological polar surface area (TPSA) is 61.1 Å². The van der Waals surface area contributed by atoms with E-state index in [-0.39, 0.29) is 0 Å². The summed E-state index contributed by atoms with van der Waals surface area (Å²) in [7, 11) is 0. The lowest BCUT2D eigenvalue weighted by Crippen LogP contribution is -1.90. The molecule has 1 N–H and O–H groups in total. The highest BCUT2D eigenvalue weighted by atomic mass is 32.1. The number of rotatable bonds is 4. The lowest BCUT2D eigenvalue weighted by molar-refractivity contribution is 1.28. The van der Waals surface area contributed by atoms with Crippen LogP contribution >= 0.6 is 11.3 Å². The van der Waals surface area contributed by atoms with Crippen molar-refractivity contribution in [1.29, 1.82) is 5.26 Å². The molecule has 118 valence electrons. The molecule has 2 aromatic carbocycles. The van der Waals surface area contributed by atoms with E-state index in [1.165, 1.54) is 22.5 Å². The summed E-state index contributed by atoms with van der Waals surface area (Å²) in [6, 6.07) is 18.3. The zero-order valence-corrected chi connectivity index (χ0v) is 14.3. The zero-order chi connectivity index (χ0) is 16.9. The highest BCUT2D eigenvalue weighted by molar-refractivity contribution is 7.16. The highest BCUT2D eigenvalue weighted by Crippen LogP contribution is 2.30. The number of aromatic nitrogens is 1. The van der Waals surface area contributed by atoms with Crippen LogP contribution in [0, 0.1) is 25.2 Å². The molecule has 1 aromatic heterocycles. The number of nitrogens with zero attached hydrogens (tertiary/aromatic N) is 3. The van der Waals surface area contributed by atoms with Gasteiger partial charge in [0, 0.05) is 5.56 Å². The fourth-order valence-electron chi connectivity index (χ4n) is 2.17. The highest BCUT2D eigenvalue weighted by Gasteiger charge is 2.12. The summed E-state index contributed by atoms with van der Waals surface area (Å²) in [6.45, 7) is 4.08. The molecule has 0 bridgehead atoms. The molecule has 3 rings (SSSR count). The van der Waals surface area contributed by atoms with Gasteiger partial charge >= 0.3 is 0 Å². The van der Waals surface area contributed by atoms with Crippen LogP contribution in [-0.2, 0) is 0 Å². The van der Waals surface area contributed by atoms with E-state index < -0.39 is 0 Å². The first-order valence-corrected chi connectivity index (χ1v) is 8.31. The lowest BCUT2D eigenvalue weighted by atomic mass is 10.1. The Morgan fingerprint density at radius 1 is 1.04 bits per heavy atom. The van der Waals surface area contributed by atoms with Crippen molar-refractivity contribution in [2.75, 3.05) is 5.43 Å². The Morgan fingerprint density at radius 3 is 2.29 bits per heavy atom. The molecule has 1 heterocycles. The predicted molar refractivity (Wildman–Crippen MR) is 99.4 cm³/mol. The van der Waals surface area contributed by atoms with Crippen LogP contribution in [0.2, 0.25) is 0 Å². The normalized spacial score (nSPS) is 10.7. The maximum Gasteiger partial charge on any atom is 0.205 e. The van der Waals surface area contributed by atoms with E-state index in [2.05, 4.69) is 21.6 Å². The van der Waals surface area contributed by atoms with Gasteiger partial charge in [0.05, 0.1) is 6.21 Å². The van der Waals surface area contributed by atoms with Gasteiger partial charge in [0.15, 0.2) is 0 Å². The molecule has 0 unspecified atom stereocenters. The summed E-state index contributed by atoms with van der Waals surface area (Å²) in [5.74, 6) is 0. The van der Waals surface area contributed by atoms with Gasteiger partial charge in [0.1, 0.15) is 16.6 Å². The zero-order valence-electron chi connectivity index (χ0n) is 13.4.